The first-order valence-electron chi connectivity index (χ1n) is 7.29. The number of rotatable bonds is 1. The molecule has 1 aliphatic heterocycles. The van der Waals surface area contributed by atoms with E-state index >= 15 is 0 Å². The van der Waals surface area contributed by atoms with Gasteiger partial charge in [0.05, 0.1) is 27.0 Å². The van der Waals surface area contributed by atoms with Crippen molar-refractivity contribution in [2.45, 2.75) is 13.0 Å². The topological polar surface area (TPSA) is 59.3 Å². The molecule has 0 aliphatic carbocycles. The molecule has 1 aliphatic rings. The predicted molar refractivity (Wildman–Crippen MR) is 93.0 cm³/mol. The highest BCUT2D eigenvalue weighted by Crippen LogP contribution is 2.33. The second-order valence-corrected chi connectivity index (χ2v) is 6.57. The number of carbonyl (C=O) groups excluding carboxylic acids is 1. The van der Waals surface area contributed by atoms with Crippen molar-refractivity contribution < 1.29 is 9.21 Å². The van der Waals surface area contributed by atoms with Crippen LogP contribution >= 0.6 is 23.2 Å². The average Bonchev–Trinajstić information content (AvgIpc) is 2.88. The number of aryl methyl sites for hydroxylation is 1. The molecule has 4 rings (SSSR count). The lowest BCUT2D eigenvalue weighted by molar-refractivity contribution is 0.0938. The summed E-state index contributed by atoms with van der Waals surface area (Å²) in [6.45, 7) is 1.89. The van der Waals surface area contributed by atoms with Gasteiger partial charge in [-0.2, -0.15) is 0 Å². The molecule has 3 aromatic rings. The fourth-order valence-corrected chi connectivity index (χ4v) is 3.27. The SMILES string of the molecule is Cc1ccc2oc3c(c(=O)c2c1)C(c1ccc(Cl)c(Cl)c1)NC3=O. The van der Waals surface area contributed by atoms with E-state index in [1.54, 1.807) is 30.3 Å². The van der Waals surface area contributed by atoms with Gasteiger partial charge in [0.2, 0.25) is 5.76 Å². The van der Waals surface area contributed by atoms with Crippen molar-refractivity contribution in [3.8, 4) is 0 Å². The van der Waals surface area contributed by atoms with Crippen LogP contribution in [0.2, 0.25) is 10.0 Å². The summed E-state index contributed by atoms with van der Waals surface area (Å²) in [5.41, 5.74) is 2.10. The van der Waals surface area contributed by atoms with Crippen LogP contribution in [0.25, 0.3) is 11.0 Å². The van der Waals surface area contributed by atoms with Crippen LogP contribution in [-0.4, -0.2) is 5.91 Å². The van der Waals surface area contributed by atoms with Crippen LogP contribution in [0.4, 0.5) is 0 Å². The highest BCUT2D eigenvalue weighted by molar-refractivity contribution is 6.42. The summed E-state index contributed by atoms with van der Waals surface area (Å²) in [6, 6.07) is 9.70. The lowest BCUT2D eigenvalue weighted by Crippen LogP contribution is -2.21. The summed E-state index contributed by atoms with van der Waals surface area (Å²) in [7, 11) is 0. The molecule has 1 amide bonds. The van der Waals surface area contributed by atoms with Gasteiger partial charge in [0.15, 0.2) is 5.43 Å². The molecule has 120 valence electrons. The fraction of sp³-hybridized carbons (Fsp3) is 0.111. The molecule has 0 fully saturated rings. The van der Waals surface area contributed by atoms with E-state index in [1.807, 2.05) is 13.0 Å². The van der Waals surface area contributed by atoms with Gasteiger partial charge >= 0.3 is 0 Å². The third-order valence-electron chi connectivity index (χ3n) is 4.13. The Morgan fingerprint density at radius 1 is 1.04 bits per heavy atom. The number of benzene rings is 2. The Morgan fingerprint density at radius 2 is 1.83 bits per heavy atom. The van der Waals surface area contributed by atoms with Gasteiger partial charge in [0, 0.05) is 0 Å². The van der Waals surface area contributed by atoms with Crippen molar-refractivity contribution >= 4 is 40.1 Å². The Labute approximate surface area is 147 Å². The molecule has 6 heteroatoms. The molecule has 0 saturated carbocycles. The molecule has 1 unspecified atom stereocenters. The highest BCUT2D eigenvalue weighted by atomic mass is 35.5. The lowest BCUT2D eigenvalue weighted by atomic mass is 9.99. The summed E-state index contributed by atoms with van der Waals surface area (Å²) in [6.07, 6.45) is 0. The monoisotopic (exact) mass is 359 g/mol. The minimum Gasteiger partial charge on any atom is -0.450 e. The number of halogens is 2. The molecule has 0 spiro atoms. The molecule has 1 aromatic heterocycles. The molecular formula is C18H11Cl2NO3. The van der Waals surface area contributed by atoms with Gasteiger partial charge < -0.3 is 9.73 Å². The molecule has 0 radical (unpaired) electrons. The third kappa shape index (κ3) is 2.22. The number of amides is 1. The van der Waals surface area contributed by atoms with Crippen LogP contribution in [0.3, 0.4) is 0 Å². The first kappa shape index (κ1) is 15.2. The van der Waals surface area contributed by atoms with Gasteiger partial charge in [-0.25, -0.2) is 0 Å². The van der Waals surface area contributed by atoms with E-state index in [-0.39, 0.29) is 11.2 Å². The van der Waals surface area contributed by atoms with Gasteiger partial charge in [-0.1, -0.05) is 40.9 Å². The van der Waals surface area contributed by atoms with Gasteiger partial charge in [-0.15, -0.1) is 0 Å². The first-order chi connectivity index (χ1) is 11.5. The van der Waals surface area contributed by atoms with E-state index in [0.717, 1.165) is 5.56 Å². The van der Waals surface area contributed by atoms with Crippen molar-refractivity contribution in [2.24, 2.45) is 0 Å². The van der Waals surface area contributed by atoms with Crippen LogP contribution in [0.5, 0.6) is 0 Å². The molecule has 1 atom stereocenters. The van der Waals surface area contributed by atoms with Crippen LogP contribution in [0.15, 0.2) is 45.6 Å². The minimum absolute atomic E-state index is 0.0485. The normalized spacial score (nSPS) is 16.3. The second kappa shape index (κ2) is 5.36. The summed E-state index contributed by atoms with van der Waals surface area (Å²) in [5, 5.41) is 4.00. The molecule has 1 N–H and O–H groups in total. The Balaban J connectivity index is 1.99. The zero-order valence-corrected chi connectivity index (χ0v) is 14.0. The van der Waals surface area contributed by atoms with Gasteiger partial charge in [0.25, 0.3) is 5.91 Å². The Kier molecular flexibility index (Phi) is 3.41. The second-order valence-electron chi connectivity index (χ2n) is 5.75. The van der Waals surface area contributed by atoms with Gasteiger partial charge in [-0.3, -0.25) is 9.59 Å². The van der Waals surface area contributed by atoms with E-state index in [4.69, 9.17) is 27.6 Å². The van der Waals surface area contributed by atoms with Crippen LogP contribution in [0, 0.1) is 6.92 Å². The Bertz CT molecular complexity index is 1070. The maximum absolute atomic E-state index is 12.9. The van der Waals surface area contributed by atoms with Crippen LogP contribution in [0.1, 0.15) is 33.3 Å². The van der Waals surface area contributed by atoms with E-state index in [2.05, 4.69) is 5.32 Å². The highest BCUT2D eigenvalue weighted by Gasteiger charge is 2.36. The fourth-order valence-electron chi connectivity index (χ4n) is 2.97. The third-order valence-corrected chi connectivity index (χ3v) is 4.87. The van der Waals surface area contributed by atoms with E-state index < -0.39 is 11.9 Å². The summed E-state index contributed by atoms with van der Waals surface area (Å²) < 4.78 is 5.69. The molecule has 0 bridgehead atoms. The van der Waals surface area contributed by atoms with Gasteiger partial charge in [-0.05, 0) is 36.8 Å². The molecule has 2 aromatic carbocycles. The van der Waals surface area contributed by atoms with E-state index in [0.29, 0.717) is 32.1 Å². The summed E-state index contributed by atoms with van der Waals surface area (Å²) in [5.74, 6) is -0.368. The minimum atomic E-state index is -0.608. The molecule has 0 saturated heterocycles. The first-order valence-corrected chi connectivity index (χ1v) is 8.04. The molecule has 2 heterocycles. The number of nitrogens with one attached hydrogen (secondary N) is 1. The Morgan fingerprint density at radius 3 is 2.58 bits per heavy atom. The largest absolute Gasteiger partial charge is 0.450 e. The quantitative estimate of drug-likeness (QED) is 0.706. The zero-order valence-electron chi connectivity index (χ0n) is 12.5. The Hall–Kier alpha value is -2.30. The van der Waals surface area contributed by atoms with Crippen LogP contribution in [-0.2, 0) is 0 Å². The van der Waals surface area contributed by atoms with Crippen LogP contribution < -0.4 is 10.7 Å². The maximum Gasteiger partial charge on any atom is 0.288 e. The maximum atomic E-state index is 12.9. The van der Waals surface area contributed by atoms with Gasteiger partial charge in [0.1, 0.15) is 5.58 Å². The standard InChI is InChI=1S/C18H11Cl2NO3/c1-8-2-5-13-10(6-8)16(22)14-15(21-18(23)17(14)24-13)9-3-4-11(19)12(20)7-9/h2-7,15H,1H3,(H,21,23). The average molecular weight is 360 g/mol. The lowest BCUT2D eigenvalue weighted by Gasteiger charge is -2.12. The van der Waals surface area contributed by atoms with E-state index in [9.17, 15) is 9.59 Å². The zero-order chi connectivity index (χ0) is 17.0. The number of fused-ring (bicyclic) bond motifs is 2. The van der Waals surface area contributed by atoms with Crippen molar-refractivity contribution in [2.75, 3.05) is 0 Å². The summed E-state index contributed by atoms with van der Waals surface area (Å²) >= 11 is 12.0. The molecular weight excluding hydrogens is 349 g/mol. The number of hydrogen-bond acceptors (Lipinski definition) is 3. The predicted octanol–water partition coefficient (Wildman–Crippen LogP) is 4.24. The molecule has 4 nitrogen and oxygen atoms in total. The van der Waals surface area contributed by atoms with Crippen molar-refractivity contribution in [3.05, 3.63) is 79.1 Å². The smallest absolute Gasteiger partial charge is 0.288 e. The number of hydrogen-bond donors (Lipinski definition) is 1. The van der Waals surface area contributed by atoms with Crippen molar-refractivity contribution in [3.63, 3.8) is 0 Å². The van der Waals surface area contributed by atoms with Crippen molar-refractivity contribution in [1.82, 2.24) is 5.32 Å². The van der Waals surface area contributed by atoms with Crippen molar-refractivity contribution in [1.29, 1.82) is 0 Å². The molecule has 24 heavy (non-hydrogen) atoms. The number of carbonyl (C=O) groups is 1. The summed E-state index contributed by atoms with van der Waals surface area (Å²) in [4.78, 5) is 25.2. The van der Waals surface area contributed by atoms with E-state index in [1.165, 1.54) is 0 Å².